The van der Waals surface area contributed by atoms with Crippen molar-refractivity contribution in [3.63, 3.8) is 0 Å². The predicted octanol–water partition coefficient (Wildman–Crippen LogP) is 3.96. The number of nitrogens with zero attached hydrogens (tertiary/aromatic N) is 1. The third kappa shape index (κ3) is 4.92. The average molecular weight is 432 g/mol. The van der Waals surface area contributed by atoms with E-state index in [1.807, 2.05) is 37.3 Å². The van der Waals surface area contributed by atoms with Crippen LogP contribution in [-0.4, -0.2) is 43.1 Å². The lowest BCUT2D eigenvalue weighted by Gasteiger charge is -2.33. The third-order valence-electron chi connectivity index (χ3n) is 5.88. The predicted molar refractivity (Wildman–Crippen MR) is 125 cm³/mol. The van der Waals surface area contributed by atoms with Crippen molar-refractivity contribution < 1.29 is 14.3 Å². The number of carbonyl (C=O) groups is 2. The highest BCUT2D eigenvalue weighted by molar-refractivity contribution is 5.95. The van der Waals surface area contributed by atoms with Crippen molar-refractivity contribution >= 4 is 17.6 Å². The minimum atomic E-state index is -0.543. The molecule has 166 valence electrons. The largest absolute Gasteiger partial charge is 0.463 e. The van der Waals surface area contributed by atoms with Crippen molar-refractivity contribution in [3.05, 3.63) is 88.6 Å². The van der Waals surface area contributed by atoms with Gasteiger partial charge in [-0.2, -0.15) is 0 Å². The second-order valence-corrected chi connectivity index (χ2v) is 8.14. The lowest BCUT2D eigenvalue weighted by Crippen LogP contribution is -2.48. The Balaban J connectivity index is 1.60. The highest BCUT2D eigenvalue weighted by Crippen LogP contribution is 2.29. The minimum absolute atomic E-state index is 0.275. The fraction of sp³-hybridized carbons (Fsp3) is 0.308. The number of aryl methyl sites for hydroxylation is 1. The number of ether oxygens (including phenoxy) is 1. The molecule has 2 amide bonds. The summed E-state index contributed by atoms with van der Waals surface area (Å²) >= 11 is 0. The quantitative estimate of drug-likeness (QED) is 0.680. The van der Waals surface area contributed by atoms with Gasteiger partial charge in [0.1, 0.15) is 0 Å². The first kappa shape index (κ1) is 21.8. The zero-order valence-electron chi connectivity index (χ0n) is 18.6. The molecule has 1 unspecified atom stereocenters. The van der Waals surface area contributed by atoms with E-state index in [1.165, 1.54) is 11.1 Å². The molecule has 0 aromatic heterocycles. The molecule has 2 aromatic carbocycles. The van der Waals surface area contributed by atoms with E-state index < -0.39 is 12.0 Å². The van der Waals surface area contributed by atoms with Crippen molar-refractivity contribution in [2.24, 2.45) is 0 Å². The van der Waals surface area contributed by atoms with Crippen LogP contribution >= 0.6 is 0 Å². The normalized spacial score (nSPS) is 19.1. The van der Waals surface area contributed by atoms with E-state index in [0.29, 0.717) is 17.8 Å². The van der Waals surface area contributed by atoms with Crippen LogP contribution < -0.4 is 10.6 Å². The number of benzene rings is 2. The summed E-state index contributed by atoms with van der Waals surface area (Å²) in [6.45, 7) is 6.14. The summed E-state index contributed by atoms with van der Waals surface area (Å²) in [6.07, 6.45) is 3.14. The van der Waals surface area contributed by atoms with E-state index in [4.69, 9.17) is 4.74 Å². The number of carbonyl (C=O) groups excluding carboxylic acids is 2. The number of hydrogen-bond donors (Lipinski definition) is 2. The third-order valence-corrected chi connectivity index (χ3v) is 5.88. The van der Waals surface area contributed by atoms with Crippen LogP contribution in [0.15, 0.2) is 71.9 Å². The van der Waals surface area contributed by atoms with E-state index in [0.717, 1.165) is 30.6 Å². The lowest BCUT2D eigenvalue weighted by atomic mass is 9.94. The van der Waals surface area contributed by atoms with E-state index >= 15 is 0 Å². The molecule has 0 bridgehead atoms. The molecule has 0 radical (unpaired) electrons. The van der Waals surface area contributed by atoms with Crippen molar-refractivity contribution in [1.82, 2.24) is 15.5 Å². The van der Waals surface area contributed by atoms with Gasteiger partial charge in [-0.15, -0.1) is 0 Å². The number of urea groups is 1. The van der Waals surface area contributed by atoms with E-state index in [2.05, 4.69) is 45.9 Å². The summed E-state index contributed by atoms with van der Waals surface area (Å²) in [6, 6.07) is 17.4. The van der Waals surface area contributed by atoms with Gasteiger partial charge in [0.15, 0.2) is 0 Å². The number of nitrogens with one attached hydrogen (secondary N) is 2. The fourth-order valence-corrected chi connectivity index (χ4v) is 4.19. The summed E-state index contributed by atoms with van der Waals surface area (Å²) in [7, 11) is 0. The van der Waals surface area contributed by atoms with Crippen LogP contribution in [0.1, 0.15) is 36.1 Å². The molecular weight excluding hydrogens is 402 g/mol. The fourth-order valence-electron chi connectivity index (χ4n) is 4.19. The van der Waals surface area contributed by atoms with Gasteiger partial charge in [-0.25, -0.2) is 9.59 Å². The van der Waals surface area contributed by atoms with Gasteiger partial charge in [0.25, 0.3) is 0 Å². The highest BCUT2D eigenvalue weighted by Gasteiger charge is 2.34. The zero-order chi connectivity index (χ0) is 22.5. The van der Waals surface area contributed by atoms with Gasteiger partial charge in [0.2, 0.25) is 0 Å². The molecule has 0 aliphatic carbocycles. The maximum absolute atomic E-state index is 12.9. The molecule has 1 atom stereocenters. The summed E-state index contributed by atoms with van der Waals surface area (Å²) in [5.41, 5.74) is 5.62. The molecule has 0 fully saturated rings. The van der Waals surface area contributed by atoms with Crippen LogP contribution in [0.3, 0.4) is 0 Å². The van der Waals surface area contributed by atoms with Crippen LogP contribution in [0.5, 0.6) is 0 Å². The Morgan fingerprint density at radius 2 is 1.88 bits per heavy atom. The van der Waals surface area contributed by atoms with Crippen molar-refractivity contribution in [1.29, 1.82) is 0 Å². The summed E-state index contributed by atoms with van der Waals surface area (Å²) in [5, 5.41) is 5.77. The van der Waals surface area contributed by atoms with Gasteiger partial charge in [0, 0.05) is 25.3 Å². The van der Waals surface area contributed by atoms with Crippen molar-refractivity contribution in [2.75, 3.05) is 26.2 Å². The molecule has 2 aliphatic rings. The zero-order valence-corrected chi connectivity index (χ0v) is 18.6. The van der Waals surface area contributed by atoms with Crippen LogP contribution in [0.4, 0.5) is 4.79 Å². The first-order valence-electron chi connectivity index (χ1n) is 11.1. The molecule has 6 nitrogen and oxygen atoms in total. The van der Waals surface area contributed by atoms with E-state index in [9.17, 15) is 9.59 Å². The van der Waals surface area contributed by atoms with Gasteiger partial charge < -0.3 is 15.4 Å². The number of rotatable bonds is 6. The van der Waals surface area contributed by atoms with Crippen LogP contribution in [0.25, 0.3) is 5.57 Å². The second kappa shape index (κ2) is 9.83. The topological polar surface area (TPSA) is 70.7 Å². The Kier molecular flexibility index (Phi) is 6.71. The molecule has 0 spiro atoms. The summed E-state index contributed by atoms with van der Waals surface area (Å²) < 4.78 is 5.37. The summed E-state index contributed by atoms with van der Waals surface area (Å²) in [5.74, 6) is -0.405. The van der Waals surface area contributed by atoms with E-state index in [1.54, 1.807) is 6.92 Å². The molecule has 0 saturated carbocycles. The first-order chi connectivity index (χ1) is 15.5. The monoisotopic (exact) mass is 431 g/mol. The van der Waals surface area contributed by atoms with Crippen LogP contribution in [0, 0.1) is 6.92 Å². The Hall–Kier alpha value is -3.38. The van der Waals surface area contributed by atoms with E-state index in [-0.39, 0.29) is 12.6 Å². The molecule has 2 heterocycles. The summed E-state index contributed by atoms with van der Waals surface area (Å²) in [4.78, 5) is 27.7. The number of esters is 1. The maximum atomic E-state index is 12.9. The average Bonchev–Trinajstić information content (AvgIpc) is 2.80. The van der Waals surface area contributed by atoms with Crippen LogP contribution in [0.2, 0.25) is 0 Å². The van der Waals surface area contributed by atoms with Crippen molar-refractivity contribution in [3.8, 4) is 0 Å². The van der Waals surface area contributed by atoms with Gasteiger partial charge >= 0.3 is 12.0 Å². The Morgan fingerprint density at radius 3 is 2.53 bits per heavy atom. The van der Waals surface area contributed by atoms with Gasteiger partial charge in [-0.3, -0.25) is 4.90 Å². The van der Waals surface area contributed by atoms with Crippen molar-refractivity contribution in [2.45, 2.75) is 26.3 Å². The smallest absolute Gasteiger partial charge is 0.338 e. The molecule has 2 N–H and O–H groups in total. The van der Waals surface area contributed by atoms with Gasteiger partial charge in [0.05, 0.1) is 18.2 Å². The van der Waals surface area contributed by atoms with Gasteiger partial charge in [-0.1, -0.05) is 66.2 Å². The highest BCUT2D eigenvalue weighted by atomic mass is 16.5. The Bertz CT molecular complexity index is 1040. The first-order valence-corrected chi connectivity index (χ1v) is 11.1. The standard InChI is InChI=1S/C26H29N3O3/c1-3-32-25(30)23-22(27-26(31)28-24(23)21-11-9-18(2)10-12-21)17-29-15-13-20(14-16-29)19-7-5-4-6-8-19/h4-13,24H,3,14-17H2,1-2H3,(H2,27,28,31). The number of amides is 2. The molecular formula is C26H29N3O3. The lowest BCUT2D eigenvalue weighted by molar-refractivity contribution is -0.139. The molecule has 4 rings (SSSR count). The number of hydrogen-bond acceptors (Lipinski definition) is 4. The molecule has 0 saturated heterocycles. The second-order valence-electron chi connectivity index (χ2n) is 8.14. The Morgan fingerprint density at radius 1 is 1.12 bits per heavy atom. The Labute approximate surface area is 189 Å². The molecule has 2 aliphatic heterocycles. The van der Waals surface area contributed by atoms with Gasteiger partial charge in [-0.05, 0) is 37.0 Å². The minimum Gasteiger partial charge on any atom is -0.463 e. The SMILES string of the molecule is CCOC(=O)C1=C(CN2CC=C(c3ccccc3)CC2)NC(=O)NC1c1ccc(C)cc1. The molecule has 6 heteroatoms. The molecule has 2 aromatic rings. The molecule has 32 heavy (non-hydrogen) atoms. The maximum Gasteiger partial charge on any atom is 0.338 e. The van der Waals surface area contributed by atoms with Crippen LogP contribution in [-0.2, 0) is 9.53 Å².